The summed E-state index contributed by atoms with van der Waals surface area (Å²) in [7, 11) is 0. The van der Waals surface area contributed by atoms with Crippen molar-refractivity contribution >= 4 is 40.9 Å². The summed E-state index contributed by atoms with van der Waals surface area (Å²) < 4.78 is 0. The Hall–Kier alpha value is -2.68. The van der Waals surface area contributed by atoms with E-state index < -0.39 is 18.2 Å². The van der Waals surface area contributed by atoms with Gasteiger partial charge in [0.25, 0.3) is 0 Å². The smallest absolute Gasteiger partial charge is 0.243 e. The molecule has 0 aromatic heterocycles. The van der Waals surface area contributed by atoms with Gasteiger partial charge in [-0.1, -0.05) is 70.2 Å². The average molecular weight is 575 g/mol. The Morgan fingerprint density at radius 2 is 1.70 bits per heavy atom. The number of likely N-dealkylation sites (tertiary alicyclic amines) is 1. The molecule has 9 heteroatoms. The minimum absolute atomic E-state index is 0. The molecule has 3 rings (SSSR count). The highest BCUT2D eigenvalue weighted by Crippen LogP contribution is 2.23. The van der Waals surface area contributed by atoms with E-state index in [2.05, 4.69) is 29.8 Å². The summed E-state index contributed by atoms with van der Waals surface area (Å²) in [5.41, 5.74) is 0.921. The first-order chi connectivity index (χ1) is 18.7. The second-order valence-electron chi connectivity index (χ2n) is 11.1. The van der Waals surface area contributed by atoms with Gasteiger partial charge in [-0.15, -0.1) is 12.4 Å². The minimum atomic E-state index is -0.833. The van der Waals surface area contributed by atoms with E-state index in [9.17, 15) is 19.5 Å². The quantitative estimate of drug-likeness (QED) is 0.276. The van der Waals surface area contributed by atoms with E-state index in [0.29, 0.717) is 31.8 Å². The summed E-state index contributed by atoms with van der Waals surface area (Å²) in [6.07, 6.45) is 2.39. The third kappa shape index (κ3) is 9.46. The summed E-state index contributed by atoms with van der Waals surface area (Å²) in [4.78, 5) is 41.6. The molecule has 3 atom stereocenters. The van der Waals surface area contributed by atoms with Crippen LogP contribution in [0.4, 0.5) is 0 Å². The van der Waals surface area contributed by atoms with Crippen LogP contribution in [0.3, 0.4) is 0 Å². The van der Waals surface area contributed by atoms with Gasteiger partial charge >= 0.3 is 0 Å². The maximum absolute atomic E-state index is 13.5. The van der Waals surface area contributed by atoms with Gasteiger partial charge < -0.3 is 26.0 Å². The van der Waals surface area contributed by atoms with Crippen molar-refractivity contribution in [2.45, 2.75) is 78.0 Å². The summed E-state index contributed by atoms with van der Waals surface area (Å²) in [6, 6.07) is 12.6. The van der Waals surface area contributed by atoms with Crippen LogP contribution in [-0.4, -0.2) is 72.1 Å². The SMILES string of the molecule is CCC(CC)C(=O)N1CCC[C@H]1C(=O)N[C@H](Cc1ccc2ccccc2c1)C(=O)NCC(O)CNCC(C)C.Cl. The molecule has 3 amide bonds. The number of aliphatic hydroxyl groups is 1. The van der Waals surface area contributed by atoms with Gasteiger partial charge in [-0.2, -0.15) is 0 Å². The van der Waals surface area contributed by atoms with Gasteiger partial charge in [-0.25, -0.2) is 0 Å². The Morgan fingerprint density at radius 1 is 1.00 bits per heavy atom. The summed E-state index contributed by atoms with van der Waals surface area (Å²) >= 11 is 0. The normalized spacial score (nSPS) is 16.6. The van der Waals surface area contributed by atoms with Crippen LogP contribution >= 0.6 is 12.4 Å². The molecule has 222 valence electrons. The average Bonchev–Trinajstić information content (AvgIpc) is 3.42. The van der Waals surface area contributed by atoms with Gasteiger partial charge in [-0.05, 0) is 54.5 Å². The van der Waals surface area contributed by atoms with Crippen LogP contribution in [-0.2, 0) is 20.8 Å². The number of rotatable bonds is 14. The number of nitrogens with one attached hydrogen (secondary N) is 3. The zero-order valence-corrected chi connectivity index (χ0v) is 25.1. The number of carbonyl (C=O) groups is 3. The van der Waals surface area contributed by atoms with Crippen molar-refractivity contribution in [3.63, 3.8) is 0 Å². The number of halogens is 1. The Kier molecular flexibility index (Phi) is 13.9. The molecule has 0 spiro atoms. The number of benzene rings is 2. The van der Waals surface area contributed by atoms with Crippen molar-refractivity contribution in [1.82, 2.24) is 20.9 Å². The molecule has 40 heavy (non-hydrogen) atoms. The maximum Gasteiger partial charge on any atom is 0.243 e. The lowest BCUT2D eigenvalue weighted by molar-refractivity contribution is -0.142. The van der Waals surface area contributed by atoms with Gasteiger partial charge in [0.2, 0.25) is 17.7 Å². The van der Waals surface area contributed by atoms with Gasteiger partial charge in [0.15, 0.2) is 0 Å². The summed E-state index contributed by atoms with van der Waals surface area (Å²) in [5.74, 6) is -0.270. The van der Waals surface area contributed by atoms with Crippen molar-refractivity contribution in [1.29, 1.82) is 0 Å². The molecule has 0 aliphatic carbocycles. The van der Waals surface area contributed by atoms with Crippen molar-refractivity contribution < 1.29 is 19.5 Å². The molecule has 1 saturated heterocycles. The molecule has 8 nitrogen and oxygen atoms in total. The topological polar surface area (TPSA) is 111 Å². The largest absolute Gasteiger partial charge is 0.390 e. The van der Waals surface area contributed by atoms with Crippen molar-refractivity contribution in [3.05, 3.63) is 48.0 Å². The predicted molar refractivity (Wildman–Crippen MR) is 162 cm³/mol. The number of amides is 3. The molecule has 4 N–H and O–H groups in total. The van der Waals surface area contributed by atoms with Crippen LogP contribution in [0, 0.1) is 11.8 Å². The molecular weight excluding hydrogens is 528 g/mol. The zero-order valence-electron chi connectivity index (χ0n) is 24.3. The molecule has 2 aromatic carbocycles. The molecule has 1 heterocycles. The van der Waals surface area contributed by atoms with Crippen molar-refractivity contribution in [2.75, 3.05) is 26.2 Å². The van der Waals surface area contributed by atoms with E-state index in [-0.39, 0.29) is 42.6 Å². The Morgan fingerprint density at radius 3 is 2.38 bits per heavy atom. The molecule has 1 unspecified atom stereocenters. The molecule has 1 aliphatic heterocycles. The summed E-state index contributed by atoms with van der Waals surface area (Å²) in [5, 5.41) is 21.5. The number of fused-ring (bicyclic) bond motifs is 1. The molecular formula is C31H47ClN4O4. The third-order valence-electron chi connectivity index (χ3n) is 7.50. The summed E-state index contributed by atoms with van der Waals surface area (Å²) in [6.45, 7) is 9.95. The van der Waals surface area contributed by atoms with Crippen LogP contribution < -0.4 is 16.0 Å². The fourth-order valence-corrected chi connectivity index (χ4v) is 5.21. The number of hydrogen-bond acceptors (Lipinski definition) is 5. The van der Waals surface area contributed by atoms with E-state index in [1.165, 1.54) is 0 Å². The van der Waals surface area contributed by atoms with E-state index in [1.807, 2.05) is 56.3 Å². The zero-order chi connectivity index (χ0) is 28.4. The van der Waals surface area contributed by atoms with E-state index in [4.69, 9.17) is 0 Å². The maximum atomic E-state index is 13.5. The van der Waals surface area contributed by atoms with E-state index >= 15 is 0 Å². The fraction of sp³-hybridized carbons (Fsp3) is 0.581. The minimum Gasteiger partial charge on any atom is -0.390 e. The van der Waals surface area contributed by atoms with Crippen molar-refractivity contribution in [3.8, 4) is 0 Å². The number of hydrogen-bond donors (Lipinski definition) is 4. The second kappa shape index (κ2) is 16.6. The van der Waals surface area contributed by atoms with Crippen molar-refractivity contribution in [2.24, 2.45) is 11.8 Å². The Balaban J connectivity index is 0.00000560. The fourth-order valence-electron chi connectivity index (χ4n) is 5.21. The number of aliphatic hydroxyl groups excluding tert-OH is 1. The first kappa shape index (κ1) is 33.5. The third-order valence-corrected chi connectivity index (χ3v) is 7.50. The predicted octanol–water partition coefficient (Wildman–Crippen LogP) is 3.44. The molecule has 1 aliphatic rings. The molecule has 0 radical (unpaired) electrons. The van der Waals surface area contributed by atoms with Crippen LogP contribution in [0.5, 0.6) is 0 Å². The number of nitrogens with zero attached hydrogens (tertiary/aromatic N) is 1. The molecule has 1 fully saturated rings. The first-order valence-electron chi connectivity index (χ1n) is 14.5. The highest BCUT2D eigenvalue weighted by atomic mass is 35.5. The second-order valence-corrected chi connectivity index (χ2v) is 11.1. The van der Waals surface area contributed by atoms with Gasteiger partial charge in [0.1, 0.15) is 12.1 Å². The lowest BCUT2D eigenvalue weighted by atomic mass is 10.00. The highest BCUT2D eigenvalue weighted by molar-refractivity contribution is 5.93. The van der Waals surface area contributed by atoms with Gasteiger partial charge in [0, 0.05) is 32.0 Å². The molecule has 0 saturated carbocycles. The van der Waals surface area contributed by atoms with E-state index in [1.54, 1.807) is 4.90 Å². The van der Waals surface area contributed by atoms with E-state index in [0.717, 1.165) is 42.1 Å². The standard InChI is InChI=1S/C31H46N4O4.ClH/c1-5-23(6-2)31(39)35-15-9-12-28(35)30(38)34-27(29(37)33-20-26(36)19-32-18-21(3)4)17-22-13-14-24-10-7-8-11-25(24)16-22;/h7-8,10-11,13-14,16,21,23,26-28,32,36H,5-6,9,12,15,17-20H2,1-4H3,(H,33,37)(H,34,38);1H/t26?,27-,28+;/m1./s1. The number of carbonyl (C=O) groups excluding carboxylic acids is 3. The molecule has 0 bridgehead atoms. The molecule has 2 aromatic rings. The Bertz CT molecular complexity index is 1110. The first-order valence-corrected chi connectivity index (χ1v) is 14.5. The lowest BCUT2D eigenvalue weighted by Crippen LogP contribution is -2.55. The monoisotopic (exact) mass is 574 g/mol. The van der Waals surface area contributed by atoms with Crippen LogP contribution in [0.25, 0.3) is 10.8 Å². The van der Waals surface area contributed by atoms with Crippen LogP contribution in [0.1, 0.15) is 58.9 Å². The highest BCUT2D eigenvalue weighted by Gasteiger charge is 2.37. The van der Waals surface area contributed by atoms with Crippen LogP contribution in [0.2, 0.25) is 0 Å². The van der Waals surface area contributed by atoms with Gasteiger partial charge in [-0.3, -0.25) is 14.4 Å². The van der Waals surface area contributed by atoms with Crippen LogP contribution in [0.15, 0.2) is 42.5 Å². The lowest BCUT2D eigenvalue weighted by Gasteiger charge is -2.29. The van der Waals surface area contributed by atoms with Gasteiger partial charge in [0.05, 0.1) is 6.10 Å². The Labute approximate surface area is 245 Å².